The van der Waals surface area contributed by atoms with Crippen LogP contribution in [0.4, 0.5) is 0 Å². The van der Waals surface area contributed by atoms with E-state index in [1.54, 1.807) is 0 Å². The number of hydrogen-bond donors (Lipinski definition) is 1. The molecule has 3 heteroatoms. The largest absolute Gasteiger partial charge is 0.468 e. The van der Waals surface area contributed by atoms with Crippen molar-refractivity contribution in [3.8, 4) is 0 Å². The smallest absolute Gasteiger partial charge is 0.322 e. The molecule has 0 aromatic rings. The van der Waals surface area contributed by atoms with Gasteiger partial charge in [-0.05, 0) is 37.6 Å². The number of esters is 1. The maximum atomic E-state index is 11.1. The molecule has 2 unspecified atom stereocenters. The Bertz CT molecular complexity index is 189. The van der Waals surface area contributed by atoms with Crippen molar-refractivity contribution >= 4 is 5.97 Å². The van der Waals surface area contributed by atoms with E-state index in [0.717, 1.165) is 24.8 Å². The monoisotopic (exact) mass is 169 g/mol. The first-order valence-corrected chi connectivity index (χ1v) is 4.62. The van der Waals surface area contributed by atoms with Crippen molar-refractivity contribution in [1.82, 2.24) is 5.32 Å². The highest BCUT2D eigenvalue weighted by atomic mass is 16.5. The summed E-state index contributed by atoms with van der Waals surface area (Å²) in [7, 11) is 1.45. The molecule has 0 aromatic carbocycles. The Morgan fingerprint density at radius 1 is 1.42 bits per heavy atom. The van der Waals surface area contributed by atoms with Crippen LogP contribution in [0, 0.1) is 11.8 Å². The van der Waals surface area contributed by atoms with Gasteiger partial charge in [0.05, 0.1) is 7.11 Å². The molecule has 1 heterocycles. The lowest BCUT2D eigenvalue weighted by Crippen LogP contribution is -2.31. The first-order chi connectivity index (χ1) is 5.81. The zero-order valence-electron chi connectivity index (χ0n) is 7.38. The van der Waals surface area contributed by atoms with Crippen LogP contribution in [0.1, 0.15) is 19.3 Å². The van der Waals surface area contributed by atoms with Gasteiger partial charge in [-0.2, -0.15) is 0 Å². The SMILES string of the molecule is COC(=O)C1CC(C2CC2)CN1. The van der Waals surface area contributed by atoms with Gasteiger partial charge in [0.15, 0.2) is 0 Å². The van der Waals surface area contributed by atoms with Gasteiger partial charge in [-0.1, -0.05) is 0 Å². The van der Waals surface area contributed by atoms with Crippen LogP contribution in [0.15, 0.2) is 0 Å². The van der Waals surface area contributed by atoms with Crippen LogP contribution in [0.25, 0.3) is 0 Å². The Morgan fingerprint density at radius 3 is 2.75 bits per heavy atom. The zero-order valence-corrected chi connectivity index (χ0v) is 7.38. The number of methoxy groups -OCH3 is 1. The van der Waals surface area contributed by atoms with E-state index >= 15 is 0 Å². The molecule has 2 rings (SSSR count). The van der Waals surface area contributed by atoms with E-state index in [4.69, 9.17) is 0 Å². The first-order valence-electron chi connectivity index (χ1n) is 4.62. The Kier molecular flexibility index (Phi) is 2.05. The topological polar surface area (TPSA) is 38.3 Å². The zero-order chi connectivity index (χ0) is 8.55. The summed E-state index contributed by atoms with van der Waals surface area (Å²) in [6, 6.07) is -0.0272. The van der Waals surface area contributed by atoms with E-state index in [0.29, 0.717) is 0 Å². The predicted octanol–water partition coefficient (Wildman–Crippen LogP) is 0.547. The summed E-state index contributed by atoms with van der Waals surface area (Å²) in [6.07, 6.45) is 3.71. The lowest BCUT2D eigenvalue weighted by atomic mass is 10.0. The number of ether oxygens (including phenoxy) is 1. The summed E-state index contributed by atoms with van der Waals surface area (Å²) in [5, 5.41) is 3.20. The van der Waals surface area contributed by atoms with Gasteiger partial charge in [0.25, 0.3) is 0 Å². The molecule has 0 aromatic heterocycles. The van der Waals surface area contributed by atoms with Crippen LogP contribution in [0.3, 0.4) is 0 Å². The average Bonchev–Trinajstić information content (AvgIpc) is 2.83. The van der Waals surface area contributed by atoms with Crippen molar-refractivity contribution in [3.05, 3.63) is 0 Å². The fourth-order valence-corrected chi connectivity index (χ4v) is 2.01. The minimum absolute atomic E-state index is 0.0272. The third-order valence-corrected chi connectivity index (χ3v) is 2.94. The Labute approximate surface area is 72.5 Å². The third kappa shape index (κ3) is 1.46. The lowest BCUT2D eigenvalue weighted by molar-refractivity contribution is -0.142. The van der Waals surface area contributed by atoms with E-state index in [-0.39, 0.29) is 12.0 Å². The van der Waals surface area contributed by atoms with Crippen LogP contribution in [-0.2, 0) is 9.53 Å². The number of carbonyl (C=O) groups excluding carboxylic acids is 1. The summed E-state index contributed by atoms with van der Waals surface area (Å²) in [6.45, 7) is 1.00. The van der Waals surface area contributed by atoms with Crippen molar-refractivity contribution in [3.63, 3.8) is 0 Å². The second-order valence-electron chi connectivity index (χ2n) is 3.82. The number of rotatable bonds is 2. The molecule has 2 fully saturated rings. The molecule has 12 heavy (non-hydrogen) atoms. The second kappa shape index (κ2) is 3.05. The minimum atomic E-state index is -0.0989. The van der Waals surface area contributed by atoms with Crippen LogP contribution >= 0.6 is 0 Å². The fraction of sp³-hybridized carbons (Fsp3) is 0.889. The van der Waals surface area contributed by atoms with Crippen molar-refractivity contribution in [2.24, 2.45) is 11.8 Å². The number of nitrogens with one attached hydrogen (secondary N) is 1. The van der Waals surface area contributed by atoms with Gasteiger partial charge < -0.3 is 10.1 Å². The Hall–Kier alpha value is -0.570. The third-order valence-electron chi connectivity index (χ3n) is 2.94. The lowest BCUT2D eigenvalue weighted by Gasteiger charge is -2.06. The summed E-state index contributed by atoms with van der Waals surface area (Å²) >= 11 is 0. The highest BCUT2D eigenvalue weighted by Gasteiger charge is 2.38. The molecule has 0 radical (unpaired) electrons. The number of carbonyl (C=O) groups is 1. The van der Waals surface area contributed by atoms with Crippen LogP contribution < -0.4 is 5.32 Å². The van der Waals surface area contributed by atoms with Gasteiger partial charge in [0.1, 0.15) is 6.04 Å². The highest BCUT2D eigenvalue weighted by Crippen LogP contribution is 2.40. The fourth-order valence-electron chi connectivity index (χ4n) is 2.01. The molecule has 1 aliphatic heterocycles. The number of hydrogen-bond acceptors (Lipinski definition) is 3. The minimum Gasteiger partial charge on any atom is -0.468 e. The second-order valence-corrected chi connectivity index (χ2v) is 3.82. The van der Waals surface area contributed by atoms with Gasteiger partial charge in [-0.25, -0.2) is 0 Å². The van der Waals surface area contributed by atoms with Crippen LogP contribution in [0.2, 0.25) is 0 Å². The quantitative estimate of drug-likeness (QED) is 0.613. The molecule has 3 nitrogen and oxygen atoms in total. The molecule has 1 saturated carbocycles. The van der Waals surface area contributed by atoms with Gasteiger partial charge in [-0.15, -0.1) is 0 Å². The van der Waals surface area contributed by atoms with E-state index in [9.17, 15) is 4.79 Å². The molecular formula is C9H15NO2. The molecule has 1 N–H and O–H groups in total. The van der Waals surface area contributed by atoms with Crippen molar-refractivity contribution < 1.29 is 9.53 Å². The predicted molar refractivity (Wildman–Crippen MR) is 44.6 cm³/mol. The van der Waals surface area contributed by atoms with E-state index in [1.807, 2.05) is 0 Å². The summed E-state index contributed by atoms with van der Waals surface area (Å²) < 4.78 is 4.68. The van der Waals surface area contributed by atoms with Crippen molar-refractivity contribution in [1.29, 1.82) is 0 Å². The maximum Gasteiger partial charge on any atom is 0.322 e. The summed E-state index contributed by atoms with van der Waals surface area (Å²) in [5.41, 5.74) is 0. The molecule has 0 spiro atoms. The Morgan fingerprint density at radius 2 is 2.17 bits per heavy atom. The van der Waals surface area contributed by atoms with Crippen molar-refractivity contribution in [2.75, 3.05) is 13.7 Å². The average molecular weight is 169 g/mol. The molecule has 1 aliphatic carbocycles. The molecule has 1 saturated heterocycles. The van der Waals surface area contributed by atoms with Gasteiger partial charge >= 0.3 is 5.97 Å². The molecule has 2 aliphatic rings. The summed E-state index contributed by atoms with van der Waals surface area (Å²) in [5.74, 6) is 1.53. The summed E-state index contributed by atoms with van der Waals surface area (Å²) in [4.78, 5) is 11.1. The first kappa shape index (κ1) is 8.05. The van der Waals surface area contributed by atoms with E-state index in [2.05, 4.69) is 10.1 Å². The van der Waals surface area contributed by atoms with Gasteiger partial charge in [-0.3, -0.25) is 4.79 Å². The molecule has 0 bridgehead atoms. The van der Waals surface area contributed by atoms with Crippen LogP contribution in [-0.4, -0.2) is 25.7 Å². The molecular weight excluding hydrogens is 154 g/mol. The highest BCUT2D eigenvalue weighted by molar-refractivity contribution is 5.76. The Balaban J connectivity index is 1.84. The van der Waals surface area contributed by atoms with Gasteiger partial charge in [0, 0.05) is 0 Å². The normalized spacial score (nSPS) is 35.1. The van der Waals surface area contributed by atoms with Gasteiger partial charge in [0.2, 0.25) is 0 Å². The van der Waals surface area contributed by atoms with Crippen molar-refractivity contribution in [2.45, 2.75) is 25.3 Å². The molecule has 2 atom stereocenters. The van der Waals surface area contributed by atoms with E-state index in [1.165, 1.54) is 20.0 Å². The standard InChI is InChI=1S/C9H15NO2/c1-12-9(11)8-4-7(5-10-8)6-2-3-6/h6-8,10H,2-5H2,1H3. The molecule has 68 valence electrons. The van der Waals surface area contributed by atoms with Crippen LogP contribution in [0.5, 0.6) is 0 Å². The van der Waals surface area contributed by atoms with E-state index < -0.39 is 0 Å². The maximum absolute atomic E-state index is 11.1. The molecule has 0 amide bonds.